The van der Waals surface area contributed by atoms with Crippen molar-refractivity contribution in [1.82, 2.24) is 4.90 Å². The van der Waals surface area contributed by atoms with E-state index in [1.807, 2.05) is 0 Å². The maximum Gasteiger partial charge on any atom is 0.0723 e. The number of aliphatic hydroxyl groups excluding tert-OH is 1. The Labute approximate surface area is 130 Å². The number of nitrogens with zero attached hydrogens (tertiary/aromatic N) is 1. The molecule has 0 radical (unpaired) electrons. The van der Waals surface area contributed by atoms with Crippen molar-refractivity contribution in [3.8, 4) is 0 Å². The van der Waals surface area contributed by atoms with E-state index >= 15 is 0 Å². The minimum Gasteiger partial charge on any atom is -0.391 e. The van der Waals surface area contributed by atoms with Crippen LogP contribution in [-0.4, -0.2) is 34.7 Å². The fraction of sp³-hybridized carbons (Fsp3) is 0.684. The molecule has 1 atom stereocenters. The molecule has 2 rings (SSSR count). The van der Waals surface area contributed by atoms with Crippen LogP contribution in [0, 0.1) is 0 Å². The van der Waals surface area contributed by atoms with Crippen LogP contribution in [-0.2, 0) is 6.42 Å². The van der Waals surface area contributed by atoms with Crippen LogP contribution in [0.4, 0.5) is 0 Å². The third kappa shape index (κ3) is 3.87. The summed E-state index contributed by atoms with van der Waals surface area (Å²) in [5.41, 5.74) is 1.39. The number of hydrogen-bond acceptors (Lipinski definition) is 2. The van der Waals surface area contributed by atoms with Gasteiger partial charge in [-0.1, -0.05) is 44.2 Å². The topological polar surface area (TPSA) is 23.5 Å². The Kier molecular flexibility index (Phi) is 6.25. The van der Waals surface area contributed by atoms with Crippen molar-refractivity contribution in [3.05, 3.63) is 35.9 Å². The SMILES string of the molecule is CCC(CC)(C(O)CCCc1ccccc1)N1CCCC1. The van der Waals surface area contributed by atoms with Crippen molar-refractivity contribution in [3.63, 3.8) is 0 Å². The summed E-state index contributed by atoms with van der Waals surface area (Å²) in [6.45, 7) is 6.80. The fourth-order valence-electron chi connectivity index (χ4n) is 3.95. The summed E-state index contributed by atoms with van der Waals surface area (Å²) in [6, 6.07) is 10.6. The van der Waals surface area contributed by atoms with E-state index in [0.717, 1.165) is 45.2 Å². The maximum atomic E-state index is 10.9. The molecule has 1 aliphatic heterocycles. The average Bonchev–Trinajstić information content (AvgIpc) is 3.05. The molecular formula is C19H31NO. The number of aryl methyl sites for hydroxylation is 1. The molecule has 1 saturated heterocycles. The van der Waals surface area contributed by atoms with E-state index in [9.17, 15) is 5.11 Å². The minimum atomic E-state index is -0.200. The van der Waals surface area contributed by atoms with Gasteiger partial charge in [0.05, 0.1) is 6.10 Å². The normalized spacial score (nSPS) is 18.0. The van der Waals surface area contributed by atoms with E-state index in [1.165, 1.54) is 18.4 Å². The molecule has 1 heterocycles. The molecule has 0 spiro atoms. The largest absolute Gasteiger partial charge is 0.391 e. The van der Waals surface area contributed by atoms with Crippen LogP contribution in [0.25, 0.3) is 0 Å². The van der Waals surface area contributed by atoms with Gasteiger partial charge in [0.25, 0.3) is 0 Å². The molecule has 1 aromatic carbocycles. The maximum absolute atomic E-state index is 10.9. The van der Waals surface area contributed by atoms with Crippen LogP contribution >= 0.6 is 0 Å². The molecule has 2 nitrogen and oxygen atoms in total. The zero-order chi connectivity index (χ0) is 15.1. The third-order valence-electron chi connectivity index (χ3n) is 5.37. The number of aliphatic hydroxyl groups is 1. The zero-order valence-corrected chi connectivity index (χ0v) is 13.7. The van der Waals surface area contributed by atoms with Gasteiger partial charge in [-0.05, 0) is 63.6 Å². The molecule has 0 saturated carbocycles. The predicted octanol–water partition coefficient (Wildman–Crippen LogP) is 4.02. The van der Waals surface area contributed by atoms with Crippen LogP contribution in [0.1, 0.15) is 57.9 Å². The van der Waals surface area contributed by atoms with Gasteiger partial charge >= 0.3 is 0 Å². The zero-order valence-electron chi connectivity index (χ0n) is 13.7. The van der Waals surface area contributed by atoms with Gasteiger partial charge in [-0.2, -0.15) is 0 Å². The lowest BCUT2D eigenvalue weighted by molar-refractivity contribution is -0.0323. The highest BCUT2D eigenvalue weighted by Crippen LogP contribution is 2.33. The molecule has 21 heavy (non-hydrogen) atoms. The number of likely N-dealkylation sites (tertiary alicyclic amines) is 1. The molecule has 0 bridgehead atoms. The van der Waals surface area contributed by atoms with E-state index < -0.39 is 0 Å². The first-order valence-corrected chi connectivity index (χ1v) is 8.70. The minimum absolute atomic E-state index is 0.00713. The van der Waals surface area contributed by atoms with Crippen LogP contribution < -0.4 is 0 Å². The van der Waals surface area contributed by atoms with Crippen molar-refractivity contribution in [2.45, 2.75) is 70.4 Å². The molecule has 0 aromatic heterocycles. The lowest BCUT2D eigenvalue weighted by Crippen LogP contribution is -2.55. The van der Waals surface area contributed by atoms with Crippen molar-refractivity contribution < 1.29 is 5.11 Å². The van der Waals surface area contributed by atoms with Gasteiger partial charge in [0.2, 0.25) is 0 Å². The van der Waals surface area contributed by atoms with Crippen molar-refractivity contribution in [1.29, 1.82) is 0 Å². The highest BCUT2D eigenvalue weighted by atomic mass is 16.3. The summed E-state index contributed by atoms with van der Waals surface area (Å²) in [4.78, 5) is 2.56. The third-order valence-corrected chi connectivity index (χ3v) is 5.37. The Balaban J connectivity index is 1.90. The van der Waals surface area contributed by atoms with E-state index in [1.54, 1.807) is 0 Å². The lowest BCUT2D eigenvalue weighted by Gasteiger charge is -2.44. The number of rotatable bonds is 8. The summed E-state index contributed by atoms with van der Waals surface area (Å²) in [6.07, 6.45) is 7.53. The Morgan fingerprint density at radius 1 is 1.10 bits per heavy atom. The second kappa shape index (κ2) is 7.95. The molecule has 1 unspecified atom stereocenters. The van der Waals surface area contributed by atoms with Crippen molar-refractivity contribution in [2.24, 2.45) is 0 Å². The first-order valence-electron chi connectivity index (χ1n) is 8.70. The fourth-order valence-corrected chi connectivity index (χ4v) is 3.95. The predicted molar refractivity (Wildman–Crippen MR) is 89.5 cm³/mol. The molecule has 0 amide bonds. The molecule has 1 aliphatic rings. The highest BCUT2D eigenvalue weighted by molar-refractivity contribution is 5.14. The number of hydrogen-bond donors (Lipinski definition) is 1. The summed E-state index contributed by atoms with van der Waals surface area (Å²) < 4.78 is 0. The van der Waals surface area contributed by atoms with Gasteiger partial charge in [-0.15, -0.1) is 0 Å². The van der Waals surface area contributed by atoms with Gasteiger partial charge in [-0.3, -0.25) is 4.90 Å². The Morgan fingerprint density at radius 3 is 2.29 bits per heavy atom. The van der Waals surface area contributed by atoms with Crippen LogP contribution in [0.2, 0.25) is 0 Å². The average molecular weight is 289 g/mol. The second-order valence-corrected chi connectivity index (χ2v) is 6.40. The lowest BCUT2D eigenvalue weighted by atomic mass is 9.82. The van der Waals surface area contributed by atoms with Crippen LogP contribution in [0.5, 0.6) is 0 Å². The molecule has 1 aromatic rings. The Hall–Kier alpha value is -0.860. The van der Waals surface area contributed by atoms with Gasteiger partial charge in [-0.25, -0.2) is 0 Å². The molecular weight excluding hydrogens is 258 g/mol. The van der Waals surface area contributed by atoms with E-state index in [2.05, 4.69) is 49.1 Å². The van der Waals surface area contributed by atoms with Crippen molar-refractivity contribution >= 4 is 0 Å². The first-order chi connectivity index (χ1) is 10.2. The smallest absolute Gasteiger partial charge is 0.0723 e. The quantitative estimate of drug-likeness (QED) is 0.781. The molecule has 0 aliphatic carbocycles. The van der Waals surface area contributed by atoms with E-state index in [-0.39, 0.29) is 11.6 Å². The highest BCUT2D eigenvalue weighted by Gasteiger charge is 2.40. The van der Waals surface area contributed by atoms with E-state index in [4.69, 9.17) is 0 Å². The Morgan fingerprint density at radius 2 is 1.71 bits per heavy atom. The summed E-state index contributed by atoms with van der Waals surface area (Å²) in [7, 11) is 0. The molecule has 118 valence electrons. The van der Waals surface area contributed by atoms with Crippen molar-refractivity contribution in [2.75, 3.05) is 13.1 Å². The summed E-state index contributed by atoms with van der Waals surface area (Å²) >= 11 is 0. The monoisotopic (exact) mass is 289 g/mol. The standard InChI is InChI=1S/C19H31NO/c1-3-19(4-2,20-15-8-9-16-20)18(21)14-10-13-17-11-6-5-7-12-17/h5-7,11-12,18,21H,3-4,8-10,13-16H2,1-2H3. The van der Waals surface area contributed by atoms with Crippen LogP contribution in [0.3, 0.4) is 0 Å². The van der Waals surface area contributed by atoms with E-state index in [0.29, 0.717) is 0 Å². The van der Waals surface area contributed by atoms with Gasteiger partial charge < -0.3 is 5.11 Å². The van der Waals surface area contributed by atoms with Gasteiger partial charge in [0.1, 0.15) is 0 Å². The summed E-state index contributed by atoms with van der Waals surface area (Å²) in [5.74, 6) is 0. The van der Waals surface area contributed by atoms with Crippen LogP contribution in [0.15, 0.2) is 30.3 Å². The molecule has 1 fully saturated rings. The molecule has 1 N–H and O–H groups in total. The van der Waals surface area contributed by atoms with Gasteiger partial charge in [0, 0.05) is 5.54 Å². The first kappa shape index (κ1) is 16.5. The number of benzene rings is 1. The second-order valence-electron chi connectivity index (χ2n) is 6.40. The van der Waals surface area contributed by atoms with Gasteiger partial charge in [0.15, 0.2) is 0 Å². The Bertz CT molecular complexity index is 393. The summed E-state index contributed by atoms with van der Waals surface area (Å²) in [5, 5.41) is 10.9. The molecule has 2 heteroatoms.